The Hall–Kier alpha value is -3.58. The number of hydrogen-bond donors (Lipinski definition) is 1. The van der Waals surface area contributed by atoms with Crippen LogP contribution in [0.25, 0.3) is 0 Å². The molecule has 6 nitrogen and oxygen atoms in total. The molecule has 0 aliphatic carbocycles. The van der Waals surface area contributed by atoms with E-state index in [2.05, 4.69) is 5.32 Å². The summed E-state index contributed by atoms with van der Waals surface area (Å²) < 4.78 is 24.1. The van der Waals surface area contributed by atoms with Gasteiger partial charge in [-0.3, -0.25) is 9.59 Å². The van der Waals surface area contributed by atoms with Gasteiger partial charge in [0.25, 0.3) is 0 Å². The van der Waals surface area contributed by atoms with Crippen LogP contribution >= 0.6 is 11.6 Å². The van der Waals surface area contributed by atoms with Crippen LogP contribution in [0.5, 0.6) is 11.5 Å². The maximum atomic E-state index is 13.7. The number of ether oxygens (including phenoxy) is 2. The smallest absolute Gasteiger partial charge is 0.229 e. The van der Waals surface area contributed by atoms with E-state index in [1.54, 1.807) is 66.6 Å². The van der Waals surface area contributed by atoms with Crippen molar-refractivity contribution < 1.29 is 23.5 Å². The van der Waals surface area contributed by atoms with Crippen molar-refractivity contribution in [2.75, 3.05) is 24.4 Å². The van der Waals surface area contributed by atoms with E-state index in [4.69, 9.17) is 21.1 Å². The lowest BCUT2D eigenvalue weighted by Crippen LogP contribution is -2.47. The van der Waals surface area contributed by atoms with Crippen molar-refractivity contribution in [2.24, 2.45) is 5.92 Å². The van der Waals surface area contributed by atoms with E-state index in [9.17, 15) is 14.0 Å². The van der Waals surface area contributed by atoms with Crippen LogP contribution in [0.3, 0.4) is 0 Å². The summed E-state index contributed by atoms with van der Waals surface area (Å²) >= 11 is 6.21. The molecule has 2 atom stereocenters. The number of nitrogens with zero attached hydrogens (tertiary/aromatic N) is 1. The Morgan fingerprint density at radius 1 is 1.03 bits per heavy atom. The minimum Gasteiger partial charge on any atom is -0.497 e. The van der Waals surface area contributed by atoms with E-state index in [0.717, 1.165) is 0 Å². The molecule has 0 radical (unpaired) electrons. The van der Waals surface area contributed by atoms with Gasteiger partial charge in [-0.05, 0) is 66.6 Å². The first-order valence-corrected chi connectivity index (χ1v) is 11.1. The Kier molecular flexibility index (Phi) is 7.03. The number of carbonyl (C=O) groups is 2. The van der Waals surface area contributed by atoms with Crippen LogP contribution in [-0.4, -0.2) is 26.0 Å². The maximum Gasteiger partial charge on any atom is 0.229 e. The molecule has 1 heterocycles. The summed E-state index contributed by atoms with van der Waals surface area (Å²) in [5.41, 5.74) is 1.81. The molecule has 1 N–H and O–H groups in total. The Bertz CT molecular complexity index is 1180. The highest BCUT2D eigenvalue weighted by atomic mass is 35.5. The average molecular weight is 483 g/mol. The number of carbonyl (C=O) groups excluding carboxylic acids is 2. The number of methoxy groups -OCH3 is 2. The fourth-order valence-corrected chi connectivity index (χ4v) is 4.49. The van der Waals surface area contributed by atoms with Gasteiger partial charge in [-0.25, -0.2) is 4.39 Å². The van der Waals surface area contributed by atoms with Crippen LogP contribution in [0.2, 0.25) is 5.02 Å². The molecule has 34 heavy (non-hydrogen) atoms. The van der Waals surface area contributed by atoms with Gasteiger partial charge in [0.2, 0.25) is 11.8 Å². The fraction of sp³-hybridized carbons (Fsp3) is 0.231. The van der Waals surface area contributed by atoms with Gasteiger partial charge in [-0.1, -0.05) is 23.7 Å². The predicted molar refractivity (Wildman–Crippen MR) is 129 cm³/mol. The summed E-state index contributed by atoms with van der Waals surface area (Å²) in [5, 5.41) is 3.28. The topological polar surface area (TPSA) is 67.9 Å². The molecule has 1 saturated heterocycles. The van der Waals surface area contributed by atoms with E-state index >= 15 is 0 Å². The molecular formula is C26H24ClFN2O4. The standard InChI is InChI=1S/C26H24ClFN2O4/c1-33-20-10-8-19(9-11-20)30-24(31)14-12-21(25(30)16-3-5-17(28)6-4-16)26(32)29-18-7-13-23(34-2)22(27)15-18/h3-11,13,15,21,25H,12,14H2,1-2H3,(H,29,32)/t21-,25+/m0/s1. The SMILES string of the molecule is COc1ccc(N2C(=O)CC[C@H](C(=O)Nc3ccc(OC)c(Cl)c3)[C@H]2c2ccc(F)cc2)cc1. The Morgan fingerprint density at radius 3 is 2.35 bits per heavy atom. The van der Waals surface area contributed by atoms with Crippen LogP contribution in [0.15, 0.2) is 66.7 Å². The highest BCUT2D eigenvalue weighted by Gasteiger charge is 2.41. The summed E-state index contributed by atoms with van der Waals surface area (Å²) in [7, 11) is 3.08. The van der Waals surface area contributed by atoms with E-state index < -0.39 is 17.8 Å². The number of piperidine rings is 1. The largest absolute Gasteiger partial charge is 0.497 e. The summed E-state index contributed by atoms with van der Waals surface area (Å²) in [6.45, 7) is 0. The van der Waals surface area contributed by atoms with Gasteiger partial charge in [0.15, 0.2) is 0 Å². The highest BCUT2D eigenvalue weighted by Crippen LogP contribution is 2.41. The number of nitrogens with one attached hydrogen (secondary N) is 1. The van der Waals surface area contributed by atoms with Gasteiger partial charge < -0.3 is 19.7 Å². The van der Waals surface area contributed by atoms with Crippen LogP contribution in [0.4, 0.5) is 15.8 Å². The Balaban J connectivity index is 1.70. The molecule has 0 aromatic heterocycles. The van der Waals surface area contributed by atoms with Gasteiger partial charge in [0.1, 0.15) is 17.3 Å². The zero-order valence-corrected chi connectivity index (χ0v) is 19.5. The molecule has 2 amide bonds. The van der Waals surface area contributed by atoms with E-state index in [0.29, 0.717) is 39.9 Å². The minimum atomic E-state index is -0.621. The van der Waals surface area contributed by atoms with Crippen molar-refractivity contribution >= 4 is 34.8 Å². The molecule has 0 saturated carbocycles. The van der Waals surface area contributed by atoms with Gasteiger partial charge in [-0.15, -0.1) is 0 Å². The molecule has 1 aliphatic rings. The van der Waals surface area contributed by atoms with Crippen molar-refractivity contribution in [3.63, 3.8) is 0 Å². The van der Waals surface area contributed by atoms with Crippen molar-refractivity contribution in [3.05, 3.63) is 83.1 Å². The number of benzene rings is 3. The first-order valence-electron chi connectivity index (χ1n) is 10.8. The van der Waals surface area contributed by atoms with Crippen molar-refractivity contribution in [1.29, 1.82) is 0 Å². The van der Waals surface area contributed by atoms with Crippen molar-refractivity contribution in [3.8, 4) is 11.5 Å². The molecule has 1 fully saturated rings. The van der Waals surface area contributed by atoms with Crippen LogP contribution in [0, 0.1) is 11.7 Å². The number of amides is 2. The van der Waals surface area contributed by atoms with Crippen molar-refractivity contribution in [1.82, 2.24) is 0 Å². The molecule has 3 aromatic carbocycles. The summed E-state index contributed by atoms with van der Waals surface area (Å²) in [6.07, 6.45) is 0.550. The molecule has 176 valence electrons. The molecule has 0 spiro atoms. The maximum absolute atomic E-state index is 13.7. The lowest BCUT2D eigenvalue weighted by molar-refractivity contribution is -0.125. The number of hydrogen-bond acceptors (Lipinski definition) is 4. The normalized spacial score (nSPS) is 17.9. The number of rotatable bonds is 6. The molecular weight excluding hydrogens is 459 g/mol. The minimum absolute atomic E-state index is 0.115. The summed E-state index contributed by atoms with van der Waals surface area (Å²) in [6, 6.07) is 17.3. The second kappa shape index (κ2) is 10.1. The first-order chi connectivity index (χ1) is 16.4. The molecule has 0 unspecified atom stereocenters. The molecule has 3 aromatic rings. The molecule has 1 aliphatic heterocycles. The summed E-state index contributed by atoms with van der Waals surface area (Å²) in [5.74, 6) is -0.200. The monoisotopic (exact) mass is 482 g/mol. The molecule has 4 rings (SSSR count). The fourth-order valence-electron chi connectivity index (χ4n) is 4.23. The second-order valence-corrected chi connectivity index (χ2v) is 8.35. The average Bonchev–Trinajstić information content (AvgIpc) is 2.84. The third kappa shape index (κ3) is 4.84. The molecule has 8 heteroatoms. The second-order valence-electron chi connectivity index (χ2n) is 7.94. The van der Waals surface area contributed by atoms with Crippen molar-refractivity contribution in [2.45, 2.75) is 18.9 Å². The lowest BCUT2D eigenvalue weighted by Gasteiger charge is -2.41. The van der Waals surface area contributed by atoms with Crippen LogP contribution in [-0.2, 0) is 9.59 Å². The van der Waals surface area contributed by atoms with E-state index in [1.165, 1.54) is 19.2 Å². The Morgan fingerprint density at radius 2 is 1.74 bits per heavy atom. The van der Waals surface area contributed by atoms with Gasteiger partial charge >= 0.3 is 0 Å². The van der Waals surface area contributed by atoms with Crippen LogP contribution in [0.1, 0.15) is 24.4 Å². The number of anilines is 2. The third-order valence-electron chi connectivity index (χ3n) is 5.92. The summed E-state index contributed by atoms with van der Waals surface area (Å²) in [4.78, 5) is 28.2. The third-order valence-corrected chi connectivity index (χ3v) is 6.21. The van der Waals surface area contributed by atoms with E-state index in [-0.39, 0.29) is 18.2 Å². The van der Waals surface area contributed by atoms with Crippen LogP contribution < -0.4 is 19.7 Å². The quantitative estimate of drug-likeness (QED) is 0.495. The lowest BCUT2D eigenvalue weighted by atomic mass is 9.83. The van der Waals surface area contributed by atoms with E-state index in [1.807, 2.05) is 0 Å². The predicted octanol–water partition coefficient (Wildman–Crippen LogP) is 5.62. The van der Waals surface area contributed by atoms with Gasteiger partial charge in [0, 0.05) is 17.8 Å². The highest BCUT2D eigenvalue weighted by molar-refractivity contribution is 6.32. The van der Waals surface area contributed by atoms with Gasteiger partial charge in [-0.2, -0.15) is 0 Å². The molecule has 0 bridgehead atoms. The zero-order chi connectivity index (χ0) is 24.2. The Labute approximate surface area is 202 Å². The number of halogens is 2. The van der Waals surface area contributed by atoms with Gasteiger partial charge in [0.05, 0.1) is 31.2 Å². The zero-order valence-electron chi connectivity index (χ0n) is 18.8. The first kappa shape index (κ1) is 23.6.